The molecule has 0 aromatic carbocycles. The van der Waals surface area contributed by atoms with Gasteiger partial charge in [0.15, 0.2) is 0 Å². The fourth-order valence-corrected chi connectivity index (χ4v) is 2.73. The van der Waals surface area contributed by atoms with Crippen LogP contribution in [-0.4, -0.2) is 34.3 Å². The van der Waals surface area contributed by atoms with E-state index in [2.05, 4.69) is 0 Å². The van der Waals surface area contributed by atoms with Gasteiger partial charge in [-0.3, -0.25) is 4.79 Å². The smallest absolute Gasteiger partial charge is 0.337 e. The molecule has 5 heteroatoms. The van der Waals surface area contributed by atoms with E-state index in [1.54, 1.807) is 6.08 Å². The lowest BCUT2D eigenvalue weighted by Crippen LogP contribution is -2.05. The van der Waals surface area contributed by atoms with Gasteiger partial charge in [0.25, 0.3) is 0 Å². The summed E-state index contributed by atoms with van der Waals surface area (Å²) in [6.07, 6.45) is 3.61. The molecule has 0 aromatic heterocycles. The molecule has 4 nitrogen and oxygen atoms in total. The number of carbonyl (C=O) groups is 2. The molecule has 1 heterocycles. The number of aliphatic hydroxyl groups is 1. The predicted molar refractivity (Wildman–Crippen MR) is 62.2 cm³/mol. The van der Waals surface area contributed by atoms with Gasteiger partial charge in [-0.15, -0.1) is 11.8 Å². The van der Waals surface area contributed by atoms with Crippen LogP contribution in [0.4, 0.5) is 0 Å². The van der Waals surface area contributed by atoms with E-state index in [1.165, 1.54) is 11.8 Å². The third-order valence-electron chi connectivity index (χ3n) is 2.31. The van der Waals surface area contributed by atoms with Gasteiger partial charge in [0.05, 0.1) is 5.57 Å². The van der Waals surface area contributed by atoms with E-state index < -0.39 is 5.97 Å². The lowest BCUT2D eigenvalue weighted by atomic mass is 10.1. The lowest BCUT2D eigenvalue weighted by Gasteiger charge is -2.00. The van der Waals surface area contributed by atoms with Gasteiger partial charge in [-0.25, -0.2) is 4.79 Å². The predicted octanol–water partition coefficient (Wildman–Crippen LogP) is 1.36. The number of thioether (sulfide) groups is 1. The molecule has 0 spiro atoms. The van der Waals surface area contributed by atoms with Crippen LogP contribution in [0, 0.1) is 0 Å². The summed E-state index contributed by atoms with van der Waals surface area (Å²) in [4.78, 5) is 22.5. The summed E-state index contributed by atoms with van der Waals surface area (Å²) in [5.41, 5.74) is 0.457. The largest absolute Gasteiger partial charge is 0.478 e. The van der Waals surface area contributed by atoms with Gasteiger partial charge >= 0.3 is 5.97 Å². The molecule has 0 aliphatic carbocycles. The number of unbranched alkanes of at least 4 members (excludes halogenated alkanes) is 1. The van der Waals surface area contributed by atoms with Crippen LogP contribution in [0.15, 0.2) is 22.1 Å². The van der Waals surface area contributed by atoms with Crippen LogP contribution >= 0.6 is 11.8 Å². The Morgan fingerprint density at radius 2 is 2.25 bits per heavy atom. The van der Waals surface area contributed by atoms with E-state index in [0.29, 0.717) is 29.6 Å². The second-order valence-corrected chi connectivity index (χ2v) is 4.83. The number of aldehydes is 1. The molecule has 0 fully saturated rings. The summed E-state index contributed by atoms with van der Waals surface area (Å²) in [5.74, 6) is -1.06. The van der Waals surface area contributed by atoms with E-state index >= 15 is 0 Å². The molecule has 0 saturated heterocycles. The summed E-state index contributed by atoms with van der Waals surface area (Å²) in [7, 11) is 0. The number of carboxylic acids is 1. The molecule has 1 atom stereocenters. The topological polar surface area (TPSA) is 74.6 Å². The highest BCUT2D eigenvalue weighted by molar-refractivity contribution is 8.04. The Bertz CT molecular complexity index is 357. The van der Waals surface area contributed by atoms with E-state index in [4.69, 9.17) is 10.2 Å². The zero-order valence-corrected chi connectivity index (χ0v) is 9.79. The van der Waals surface area contributed by atoms with Crippen molar-refractivity contribution in [2.24, 2.45) is 0 Å². The van der Waals surface area contributed by atoms with Crippen molar-refractivity contribution in [1.29, 1.82) is 0 Å². The molecule has 0 amide bonds. The molecule has 0 aromatic rings. The molecular formula is C11H14O4S. The summed E-state index contributed by atoms with van der Waals surface area (Å²) in [5, 5.41) is 17.6. The SMILES string of the molecule is CC1S/C(=C\CCCO)C(C(=O)O)=C1C=O. The van der Waals surface area contributed by atoms with Gasteiger partial charge in [-0.05, 0) is 19.8 Å². The number of rotatable bonds is 5. The lowest BCUT2D eigenvalue weighted by molar-refractivity contribution is -0.132. The van der Waals surface area contributed by atoms with Crippen LogP contribution in [0.1, 0.15) is 19.8 Å². The van der Waals surface area contributed by atoms with E-state index in [1.807, 2.05) is 6.92 Å². The van der Waals surface area contributed by atoms with Crippen LogP contribution in [0.2, 0.25) is 0 Å². The van der Waals surface area contributed by atoms with Gasteiger partial charge in [0.1, 0.15) is 6.29 Å². The molecule has 16 heavy (non-hydrogen) atoms. The maximum Gasteiger partial charge on any atom is 0.337 e. The zero-order valence-electron chi connectivity index (χ0n) is 8.97. The molecule has 1 rings (SSSR count). The number of allylic oxidation sites excluding steroid dienone is 1. The van der Waals surface area contributed by atoms with Crippen molar-refractivity contribution in [3.8, 4) is 0 Å². The normalized spacial score (nSPS) is 22.9. The molecule has 0 bridgehead atoms. The Morgan fingerprint density at radius 1 is 1.56 bits per heavy atom. The van der Waals surface area contributed by atoms with Gasteiger partial charge in [0.2, 0.25) is 0 Å². The van der Waals surface area contributed by atoms with Crippen molar-refractivity contribution in [2.45, 2.75) is 25.0 Å². The number of hydrogen-bond acceptors (Lipinski definition) is 4. The maximum absolute atomic E-state index is 11.0. The Kier molecular flexibility index (Phi) is 4.76. The van der Waals surface area contributed by atoms with Crippen LogP contribution in [0.25, 0.3) is 0 Å². The molecule has 1 aliphatic rings. The fraction of sp³-hybridized carbons (Fsp3) is 0.455. The first kappa shape index (κ1) is 13.0. The monoisotopic (exact) mass is 242 g/mol. The van der Waals surface area contributed by atoms with E-state index in [-0.39, 0.29) is 17.4 Å². The van der Waals surface area contributed by atoms with Crippen molar-refractivity contribution in [1.82, 2.24) is 0 Å². The summed E-state index contributed by atoms with van der Waals surface area (Å²) < 4.78 is 0. The quantitative estimate of drug-likeness (QED) is 0.562. The summed E-state index contributed by atoms with van der Waals surface area (Å²) in [6, 6.07) is 0. The van der Waals surface area contributed by atoms with Crippen LogP contribution in [0.5, 0.6) is 0 Å². The molecule has 0 radical (unpaired) electrons. The minimum absolute atomic E-state index is 0.0800. The number of carboxylic acid groups (broad SMARTS) is 1. The maximum atomic E-state index is 11.0. The highest BCUT2D eigenvalue weighted by atomic mass is 32.2. The Morgan fingerprint density at radius 3 is 2.75 bits per heavy atom. The second-order valence-electron chi connectivity index (χ2n) is 3.45. The van der Waals surface area contributed by atoms with E-state index in [9.17, 15) is 9.59 Å². The average Bonchev–Trinajstić information content (AvgIpc) is 2.55. The highest BCUT2D eigenvalue weighted by Crippen LogP contribution is 2.41. The first-order valence-corrected chi connectivity index (χ1v) is 5.90. The van der Waals surface area contributed by atoms with Crippen LogP contribution in [-0.2, 0) is 9.59 Å². The van der Waals surface area contributed by atoms with Gasteiger partial charge in [-0.1, -0.05) is 6.08 Å². The summed E-state index contributed by atoms with van der Waals surface area (Å²) in [6.45, 7) is 1.89. The molecule has 1 aliphatic heterocycles. The van der Waals surface area contributed by atoms with Crippen molar-refractivity contribution in [2.75, 3.05) is 6.61 Å². The fourth-order valence-electron chi connectivity index (χ4n) is 1.52. The average molecular weight is 242 g/mol. The second kappa shape index (κ2) is 5.86. The Labute approximate surface area is 98.0 Å². The Balaban J connectivity index is 2.96. The number of carbonyl (C=O) groups excluding carboxylic acids is 1. The Hall–Kier alpha value is -1.07. The van der Waals surface area contributed by atoms with Crippen molar-refractivity contribution < 1.29 is 19.8 Å². The van der Waals surface area contributed by atoms with Crippen LogP contribution < -0.4 is 0 Å². The molecular weight excluding hydrogens is 228 g/mol. The van der Waals surface area contributed by atoms with Crippen molar-refractivity contribution >= 4 is 24.0 Å². The number of hydrogen-bond donors (Lipinski definition) is 2. The standard InChI is InChI=1S/C11H14O4S/c1-7-8(6-13)10(11(14)15)9(16-7)4-2-3-5-12/h4,6-7,12H,2-3,5H2,1H3,(H,14,15)/b9-4-. The highest BCUT2D eigenvalue weighted by Gasteiger charge is 2.30. The van der Waals surface area contributed by atoms with E-state index in [0.717, 1.165) is 0 Å². The van der Waals surface area contributed by atoms with Crippen molar-refractivity contribution in [3.05, 3.63) is 22.1 Å². The third-order valence-corrected chi connectivity index (χ3v) is 3.54. The molecule has 0 saturated carbocycles. The summed E-state index contributed by atoms with van der Waals surface area (Å²) >= 11 is 1.38. The van der Waals surface area contributed by atoms with Crippen molar-refractivity contribution in [3.63, 3.8) is 0 Å². The number of aliphatic carboxylic acids is 1. The first-order chi connectivity index (χ1) is 7.61. The van der Waals surface area contributed by atoms with Gasteiger partial charge < -0.3 is 10.2 Å². The van der Waals surface area contributed by atoms with Gasteiger partial charge in [-0.2, -0.15) is 0 Å². The van der Waals surface area contributed by atoms with Gasteiger partial charge in [0, 0.05) is 22.3 Å². The minimum Gasteiger partial charge on any atom is -0.478 e. The minimum atomic E-state index is -1.06. The molecule has 2 N–H and O–H groups in total. The molecule has 1 unspecified atom stereocenters. The molecule has 88 valence electrons. The zero-order chi connectivity index (χ0) is 12.1. The first-order valence-electron chi connectivity index (χ1n) is 5.02. The van der Waals surface area contributed by atoms with Crippen LogP contribution in [0.3, 0.4) is 0 Å². The third kappa shape index (κ3) is 2.74. The number of aliphatic hydroxyl groups excluding tert-OH is 1.